The summed E-state index contributed by atoms with van der Waals surface area (Å²) in [5.41, 5.74) is 2.66. The number of piperidine rings is 1. The topological polar surface area (TPSA) is 66.9 Å². The van der Waals surface area contributed by atoms with Gasteiger partial charge >= 0.3 is 0 Å². The van der Waals surface area contributed by atoms with Gasteiger partial charge < -0.3 is 14.6 Å². The molecule has 0 aromatic carbocycles. The first kappa shape index (κ1) is 14.8. The van der Waals surface area contributed by atoms with Gasteiger partial charge in [-0.15, -0.1) is 0 Å². The molecule has 2 unspecified atom stereocenters. The zero-order chi connectivity index (χ0) is 16.8. The van der Waals surface area contributed by atoms with Crippen molar-refractivity contribution in [1.29, 1.82) is 0 Å². The smallest absolute Gasteiger partial charge is 0.232 e. The van der Waals surface area contributed by atoms with Crippen LogP contribution in [0, 0.1) is 0 Å². The summed E-state index contributed by atoms with van der Waals surface area (Å²) in [4.78, 5) is 19.0. The average molecular weight is 335 g/mol. The first-order chi connectivity index (χ1) is 12.3. The quantitative estimate of drug-likeness (QED) is 0.797. The highest BCUT2D eigenvalue weighted by Crippen LogP contribution is 2.35. The molecule has 2 fully saturated rings. The highest BCUT2D eigenvalue weighted by molar-refractivity contribution is 5.80. The number of aromatic amines is 1. The van der Waals surface area contributed by atoms with Crippen molar-refractivity contribution in [2.75, 3.05) is 7.05 Å². The summed E-state index contributed by atoms with van der Waals surface area (Å²) in [5, 5.41) is 1.07. The molecule has 3 aromatic rings. The van der Waals surface area contributed by atoms with E-state index in [0.717, 1.165) is 35.1 Å². The number of H-pyrrole nitrogens is 1. The standard InChI is InChI=1S/C19H21N5O/c1-24-14-2-3-15(24)8-16(7-14)25-18-11-21-17(10-22-18)13-6-12-4-5-20-19(12)23-9-13/h4-6,9-11,14-16H,2-3,7-8H2,1H3,(H,20,23). The molecule has 6 heteroatoms. The monoisotopic (exact) mass is 335 g/mol. The van der Waals surface area contributed by atoms with Crippen LogP contribution >= 0.6 is 0 Å². The second kappa shape index (κ2) is 5.81. The predicted molar refractivity (Wildman–Crippen MR) is 95.3 cm³/mol. The van der Waals surface area contributed by atoms with E-state index in [0.29, 0.717) is 18.0 Å². The number of ether oxygens (including phenoxy) is 1. The Labute approximate surface area is 146 Å². The van der Waals surface area contributed by atoms with Crippen molar-refractivity contribution in [2.45, 2.75) is 43.9 Å². The van der Waals surface area contributed by atoms with Crippen LogP contribution < -0.4 is 4.74 Å². The Bertz CT molecular complexity index is 876. The molecular weight excluding hydrogens is 314 g/mol. The lowest BCUT2D eigenvalue weighted by Gasteiger charge is -2.35. The van der Waals surface area contributed by atoms with Gasteiger partial charge in [0.2, 0.25) is 5.88 Å². The molecule has 5 rings (SSSR count). The largest absolute Gasteiger partial charge is 0.473 e. The number of aromatic nitrogens is 4. The van der Waals surface area contributed by atoms with E-state index in [1.165, 1.54) is 12.8 Å². The van der Waals surface area contributed by atoms with Crippen molar-refractivity contribution in [3.05, 3.63) is 36.9 Å². The Kier molecular flexibility index (Phi) is 3.45. The Morgan fingerprint density at radius 2 is 1.92 bits per heavy atom. The number of hydrogen-bond donors (Lipinski definition) is 1. The fourth-order valence-electron chi connectivity index (χ4n) is 4.23. The summed E-state index contributed by atoms with van der Waals surface area (Å²) < 4.78 is 6.11. The minimum Gasteiger partial charge on any atom is -0.473 e. The fraction of sp³-hybridized carbons (Fsp3) is 0.421. The first-order valence-corrected chi connectivity index (χ1v) is 8.90. The van der Waals surface area contributed by atoms with Crippen LogP contribution in [0.5, 0.6) is 5.88 Å². The summed E-state index contributed by atoms with van der Waals surface area (Å²) in [6.45, 7) is 0. The summed E-state index contributed by atoms with van der Waals surface area (Å²) in [6.07, 6.45) is 12.2. The fourth-order valence-corrected chi connectivity index (χ4v) is 4.23. The summed E-state index contributed by atoms with van der Waals surface area (Å²) in [7, 11) is 2.24. The number of rotatable bonds is 3. The normalized spacial score (nSPS) is 26.2. The maximum Gasteiger partial charge on any atom is 0.232 e. The van der Waals surface area contributed by atoms with Gasteiger partial charge in [0.15, 0.2) is 0 Å². The van der Waals surface area contributed by atoms with Crippen LogP contribution in [0.2, 0.25) is 0 Å². The van der Waals surface area contributed by atoms with E-state index in [-0.39, 0.29) is 6.10 Å². The van der Waals surface area contributed by atoms with E-state index in [1.807, 2.05) is 18.5 Å². The molecule has 0 spiro atoms. The molecule has 128 valence electrons. The molecule has 0 radical (unpaired) electrons. The molecule has 2 bridgehead atoms. The highest BCUT2D eigenvalue weighted by Gasteiger charge is 2.39. The second-order valence-corrected chi connectivity index (χ2v) is 7.14. The van der Waals surface area contributed by atoms with Gasteiger partial charge in [-0.3, -0.25) is 0 Å². The highest BCUT2D eigenvalue weighted by atomic mass is 16.5. The van der Waals surface area contributed by atoms with Crippen LogP contribution in [-0.2, 0) is 0 Å². The minimum atomic E-state index is 0.256. The maximum atomic E-state index is 6.11. The van der Waals surface area contributed by atoms with Gasteiger partial charge in [0.05, 0.1) is 18.1 Å². The van der Waals surface area contributed by atoms with Gasteiger partial charge in [0.25, 0.3) is 0 Å². The SMILES string of the molecule is CN1C2CCC1CC(Oc1cnc(-c3cnc4[nH]ccc4c3)cn1)C2. The number of nitrogens with zero attached hydrogens (tertiary/aromatic N) is 4. The van der Waals surface area contributed by atoms with Crippen molar-refractivity contribution < 1.29 is 4.74 Å². The number of fused-ring (bicyclic) bond motifs is 3. The number of pyridine rings is 1. The van der Waals surface area contributed by atoms with Gasteiger partial charge in [-0.2, -0.15) is 0 Å². The van der Waals surface area contributed by atoms with E-state index in [2.05, 4.69) is 37.9 Å². The molecule has 1 N–H and O–H groups in total. The predicted octanol–water partition coefficient (Wildman–Crippen LogP) is 3.02. The molecule has 0 saturated carbocycles. The van der Waals surface area contributed by atoms with Gasteiger partial charge in [-0.05, 0) is 44.9 Å². The lowest BCUT2D eigenvalue weighted by atomic mass is 10.0. The Morgan fingerprint density at radius 1 is 1.08 bits per heavy atom. The van der Waals surface area contributed by atoms with E-state index < -0.39 is 0 Å². The van der Waals surface area contributed by atoms with Gasteiger partial charge in [-0.25, -0.2) is 15.0 Å². The van der Waals surface area contributed by atoms with Crippen LogP contribution in [-0.4, -0.2) is 50.1 Å². The average Bonchev–Trinajstić information content (AvgIpc) is 3.16. The van der Waals surface area contributed by atoms with E-state index >= 15 is 0 Å². The molecule has 3 aromatic heterocycles. The van der Waals surface area contributed by atoms with Crippen LogP contribution in [0.1, 0.15) is 25.7 Å². The van der Waals surface area contributed by atoms with Crippen molar-refractivity contribution in [1.82, 2.24) is 24.8 Å². The van der Waals surface area contributed by atoms with Crippen molar-refractivity contribution in [3.63, 3.8) is 0 Å². The Morgan fingerprint density at radius 3 is 2.68 bits per heavy atom. The Hall–Kier alpha value is -2.47. The van der Waals surface area contributed by atoms with Gasteiger partial charge in [0, 0.05) is 35.4 Å². The number of nitrogens with one attached hydrogen (secondary N) is 1. The molecule has 0 aliphatic carbocycles. The van der Waals surface area contributed by atoms with E-state index in [9.17, 15) is 0 Å². The summed E-state index contributed by atoms with van der Waals surface area (Å²) in [6, 6.07) is 5.40. The third-order valence-electron chi connectivity index (χ3n) is 5.67. The molecule has 5 heterocycles. The van der Waals surface area contributed by atoms with Crippen LogP contribution in [0.15, 0.2) is 36.9 Å². The van der Waals surface area contributed by atoms with E-state index in [4.69, 9.17) is 4.74 Å². The lowest BCUT2D eigenvalue weighted by Crippen LogP contribution is -2.43. The molecule has 25 heavy (non-hydrogen) atoms. The molecule has 0 amide bonds. The maximum absolute atomic E-state index is 6.11. The van der Waals surface area contributed by atoms with Crippen LogP contribution in [0.4, 0.5) is 0 Å². The van der Waals surface area contributed by atoms with Crippen LogP contribution in [0.25, 0.3) is 22.3 Å². The molecule has 2 atom stereocenters. The van der Waals surface area contributed by atoms with E-state index in [1.54, 1.807) is 12.4 Å². The molecule has 2 aliphatic heterocycles. The molecule has 6 nitrogen and oxygen atoms in total. The third-order valence-corrected chi connectivity index (χ3v) is 5.67. The number of hydrogen-bond acceptors (Lipinski definition) is 5. The lowest BCUT2D eigenvalue weighted by molar-refractivity contribution is 0.0630. The van der Waals surface area contributed by atoms with Crippen LogP contribution in [0.3, 0.4) is 0 Å². The third kappa shape index (κ3) is 2.66. The zero-order valence-corrected chi connectivity index (χ0v) is 14.2. The molecule has 2 aliphatic rings. The first-order valence-electron chi connectivity index (χ1n) is 8.90. The Balaban J connectivity index is 1.31. The minimum absolute atomic E-state index is 0.256. The molecular formula is C19H21N5O. The van der Waals surface area contributed by atoms with Gasteiger partial charge in [0.1, 0.15) is 11.8 Å². The van der Waals surface area contributed by atoms with Crippen molar-refractivity contribution in [3.8, 4) is 17.1 Å². The zero-order valence-electron chi connectivity index (χ0n) is 14.2. The molecule has 2 saturated heterocycles. The van der Waals surface area contributed by atoms with Crippen molar-refractivity contribution in [2.24, 2.45) is 0 Å². The summed E-state index contributed by atoms with van der Waals surface area (Å²) >= 11 is 0. The summed E-state index contributed by atoms with van der Waals surface area (Å²) in [5.74, 6) is 0.619. The second-order valence-electron chi connectivity index (χ2n) is 7.14. The van der Waals surface area contributed by atoms with Gasteiger partial charge in [-0.1, -0.05) is 0 Å². The van der Waals surface area contributed by atoms with Crippen molar-refractivity contribution >= 4 is 11.0 Å².